The molecule has 11 nitrogen and oxygen atoms in total. The van der Waals surface area contributed by atoms with Gasteiger partial charge in [-0.15, -0.1) is 0 Å². The molecule has 1 saturated carbocycles. The molecule has 2 aromatic carbocycles. The summed E-state index contributed by atoms with van der Waals surface area (Å²) in [6.07, 6.45) is 7.30. The monoisotopic (exact) mass is 645 g/mol. The predicted octanol–water partition coefficient (Wildman–Crippen LogP) is 2.37. The van der Waals surface area contributed by atoms with E-state index in [4.69, 9.17) is 11.1 Å². The second-order valence-electron chi connectivity index (χ2n) is 12.4. The van der Waals surface area contributed by atoms with Crippen LogP contribution in [-0.2, 0) is 38.3 Å². The van der Waals surface area contributed by atoms with Gasteiger partial charge < -0.3 is 21.7 Å². The molecule has 1 aliphatic heterocycles. The lowest BCUT2D eigenvalue weighted by molar-refractivity contribution is -0.131. The minimum Gasteiger partial charge on any atom is -0.384 e. The van der Waals surface area contributed by atoms with Crippen molar-refractivity contribution in [1.29, 1.82) is 5.41 Å². The molecular weight excluding hydrogens is 602 g/mol. The first-order chi connectivity index (χ1) is 22.1. The van der Waals surface area contributed by atoms with Crippen LogP contribution in [-0.4, -0.2) is 55.7 Å². The summed E-state index contributed by atoms with van der Waals surface area (Å²) < 4.78 is 29.2. The molecule has 3 atom stereocenters. The summed E-state index contributed by atoms with van der Waals surface area (Å²) in [5.41, 5.74) is 7.41. The van der Waals surface area contributed by atoms with Crippen LogP contribution in [0.15, 0.2) is 79.1 Å². The maximum Gasteiger partial charge on any atom is 0.246 e. The molecule has 2 heterocycles. The van der Waals surface area contributed by atoms with Crippen molar-refractivity contribution < 1.29 is 18.0 Å². The summed E-state index contributed by atoms with van der Waals surface area (Å²) in [6.45, 7) is 2.10. The highest BCUT2D eigenvalue weighted by Gasteiger charge is 2.61. The van der Waals surface area contributed by atoms with Crippen LogP contribution < -0.4 is 26.4 Å². The number of carbonyl (C=O) groups excluding carboxylic acids is 2. The Bertz CT molecular complexity index is 1600. The number of benzene rings is 2. The fourth-order valence-corrected chi connectivity index (χ4v) is 7.60. The fraction of sp³-hybridized carbons (Fsp3) is 0.412. The molecule has 2 amide bonds. The summed E-state index contributed by atoms with van der Waals surface area (Å²) in [7, 11) is -3.89. The predicted molar refractivity (Wildman–Crippen MR) is 177 cm³/mol. The van der Waals surface area contributed by atoms with Crippen LogP contribution >= 0.6 is 0 Å². The third kappa shape index (κ3) is 8.99. The van der Waals surface area contributed by atoms with E-state index in [2.05, 4.69) is 25.7 Å². The van der Waals surface area contributed by atoms with Crippen molar-refractivity contribution in [2.24, 2.45) is 17.6 Å². The van der Waals surface area contributed by atoms with Crippen molar-refractivity contribution >= 4 is 27.7 Å². The van der Waals surface area contributed by atoms with Crippen LogP contribution in [0.2, 0.25) is 0 Å². The van der Waals surface area contributed by atoms with E-state index < -0.39 is 27.5 Å². The molecule has 3 aromatic rings. The first-order valence-electron chi connectivity index (χ1n) is 15.8. The number of nitrogens with one attached hydrogen (secondary N) is 5. The summed E-state index contributed by atoms with van der Waals surface area (Å²) >= 11 is 0. The van der Waals surface area contributed by atoms with E-state index in [-0.39, 0.29) is 36.4 Å². The van der Waals surface area contributed by atoms with Crippen molar-refractivity contribution in [1.82, 2.24) is 25.7 Å². The van der Waals surface area contributed by atoms with Crippen LogP contribution in [0.1, 0.15) is 54.4 Å². The number of nitrogens with zero attached hydrogens (tertiary/aromatic N) is 1. The SMILES string of the molecule is N=C(N)c1ccc(CNC(=O)C2(NC(=O)[C@@H](CCc3ccncc3)NS(=O)(=O)Cc3ccccc3)C[C@H]2CC2CCNCC2)cc1. The number of rotatable bonds is 15. The molecule has 1 unspecified atom stereocenters. The number of hydrogen-bond donors (Lipinski definition) is 6. The fourth-order valence-electron chi connectivity index (χ4n) is 6.23. The quantitative estimate of drug-likeness (QED) is 0.108. The molecule has 1 aromatic heterocycles. The highest BCUT2D eigenvalue weighted by atomic mass is 32.2. The van der Waals surface area contributed by atoms with Gasteiger partial charge >= 0.3 is 0 Å². The third-order valence-electron chi connectivity index (χ3n) is 8.96. The summed E-state index contributed by atoms with van der Waals surface area (Å²) in [6, 6.07) is 18.5. The normalized spacial score (nSPS) is 20.4. The average Bonchev–Trinajstić information content (AvgIpc) is 3.75. The molecular formula is C34H43N7O4S. The van der Waals surface area contributed by atoms with E-state index in [0.717, 1.165) is 43.5 Å². The summed E-state index contributed by atoms with van der Waals surface area (Å²) in [4.78, 5) is 31.9. The van der Waals surface area contributed by atoms with E-state index in [0.29, 0.717) is 29.9 Å². The first-order valence-corrected chi connectivity index (χ1v) is 17.5. The van der Waals surface area contributed by atoms with E-state index in [9.17, 15) is 18.0 Å². The maximum absolute atomic E-state index is 14.0. The van der Waals surface area contributed by atoms with Gasteiger partial charge in [-0.25, -0.2) is 13.1 Å². The lowest BCUT2D eigenvalue weighted by atomic mass is 9.91. The molecule has 244 valence electrons. The zero-order valence-electron chi connectivity index (χ0n) is 25.9. The van der Waals surface area contributed by atoms with Gasteiger partial charge in [0.25, 0.3) is 0 Å². The van der Waals surface area contributed by atoms with Crippen LogP contribution in [0.3, 0.4) is 0 Å². The van der Waals surface area contributed by atoms with E-state index in [1.807, 2.05) is 18.2 Å². The topological polar surface area (TPSA) is 179 Å². The van der Waals surface area contributed by atoms with Gasteiger partial charge in [0.1, 0.15) is 17.4 Å². The molecule has 2 fully saturated rings. The number of nitrogens with two attached hydrogens (primary N) is 1. The molecule has 0 radical (unpaired) electrons. The zero-order valence-corrected chi connectivity index (χ0v) is 26.7. The number of amides is 2. The summed E-state index contributed by atoms with van der Waals surface area (Å²) in [5.74, 6) is -0.701. The Morgan fingerprint density at radius 2 is 1.67 bits per heavy atom. The van der Waals surface area contributed by atoms with Crippen molar-refractivity contribution in [3.05, 3.63) is 101 Å². The average molecular weight is 646 g/mol. The van der Waals surface area contributed by atoms with Crippen LogP contribution in [0.4, 0.5) is 0 Å². The zero-order chi connectivity index (χ0) is 32.6. The number of amidine groups is 1. The van der Waals surface area contributed by atoms with Gasteiger partial charge in [0, 0.05) is 24.5 Å². The van der Waals surface area contributed by atoms with Gasteiger partial charge in [0.2, 0.25) is 21.8 Å². The Hall–Kier alpha value is -4.13. The number of carbonyl (C=O) groups is 2. The molecule has 2 aliphatic rings. The number of nitrogen functional groups attached to an aromatic ring is 1. The highest BCUT2D eigenvalue weighted by Crippen LogP contribution is 2.49. The van der Waals surface area contributed by atoms with Gasteiger partial charge in [-0.05, 0) is 92.3 Å². The molecule has 0 bridgehead atoms. The molecule has 12 heteroatoms. The van der Waals surface area contributed by atoms with Crippen molar-refractivity contribution in [2.45, 2.75) is 62.4 Å². The Balaban J connectivity index is 1.33. The smallest absolute Gasteiger partial charge is 0.246 e. The molecule has 5 rings (SSSR count). The van der Waals surface area contributed by atoms with Gasteiger partial charge in [0.05, 0.1) is 5.75 Å². The second kappa shape index (κ2) is 15.0. The Labute approximate surface area is 270 Å². The maximum atomic E-state index is 14.0. The molecule has 1 saturated heterocycles. The molecule has 0 spiro atoms. The van der Waals surface area contributed by atoms with Gasteiger partial charge in [-0.3, -0.25) is 20.0 Å². The van der Waals surface area contributed by atoms with Crippen molar-refractivity contribution in [3.63, 3.8) is 0 Å². The molecule has 1 aliphatic carbocycles. The Morgan fingerprint density at radius 3 is 2.35 bits per heavy atom. The Kier molecular flexibility index (Phi) is 10.8. The van der Waals surface area contributed by atoms with Gasteiger partial charge in [-0.1, -0.05) is 54.6 Å². The number of sulfonamides is 1. The first kappa shape index (κ1) is 33.2. The van der Waals surface area contributed by atoms with Crippen LogP contribution in [0, 0.1) is 17.2 Å². The van der Waals surface area contributed by atoms with E-state index in [1.165, 1.54) is 0 Å². The molecule has 46 heavy (non-hydrogen) atoms. The number of aromatic nitrogens is 1. The minimum absolute atomic E-state index is 0.0335. The largest absolute Gasteiger partial charge is 0.384 e. The molecule has 7 N–H and O–H groups in total. The number of pyridine rings is 1. The van der Waals surface area contributed by atoms with Crippen molar-refractivity contribution in [2.75, 3.05) is 13.1 Å². The standard InChI is InChI=1S/C34H43N7O4S/c35-31(36)28-9-6-26(7-10-28)22-39-33(43)34(21-29(34)20-25-14-18-38-19-15-25)40-32(42)30(11-8-24-12-16-37-17-13-24)41-46(44,45)23-27-4-2-1-3-5-27/h1-7,9-10,12-13,16-17,25,29-30,38,41H,8,11,14-15,18-23H2,(H3,35,36)(H,39,43)(H,40,42)/t29-,30-,34?/m1/s1. The van der Waals surface area contributed by atoms with E-state index in [1.54, 1.807) is 60.9 Å². The lowest BCUT2D eigenvalue weighted by Gasteiger charge is -2.26. The minimum atomic E-state index is -3.89. The van der Waals surface area contributed by atoms with Gasteiger partial charge in [0.15, 0.2) is 0 Å². The third-order valence-corrected chi connectivity index (χ3v) is 10.3. The Morgan fingerprint density at radius 1 is 0.978 bits per heavy atom. The highest BCUT2D eigenvalue weighted by molar-refractivity contribution is 7.88. The summed E-state index contributed by atoms with van der Waals surface area (Å²) in [5, 5.41) is 17.0. The van der Waals surface area contributed by atoms with Crippen LogP contribution in [0.25, 0.3) is 0 Å². The number of hydrogen-bond acceptors (Lipinski definition) is 7. The van der Waals surface area contributed by atoms with Crippen molar-refractivity contribution in [3.8, 4) is 0 Å². The lowest BCUT2D eigenvalue weighted by Crippen LogP contribution is -2.56. The van der Waals surface area contributed by atoms with Gasteiger partial charge in [-0.2, -0.15) is 0 Å². The number of aryl methyl sites for hydroxylation is 1. The number of piperidine rings is 1. The van der Waals surface area contributed by atoms with Crippen LogP contribution in [0.5, 0.6) is 0 Å². The van der Waals surface area contributed by atoms with E-state index >= 15 is 0 Å². The second-order valence-corrected chi connectivity index (χ2v) is 14.1.